The van der Waals surface area contributed by atoms with Crippen LogP contribution in [0.5, 0.6) is 0 Å². The molecule has 9 nitrogen and oxygen atoms in total. The number of fused-ring (bicyclic) bond motifs is 1. The number of unbranched alkanes of at least 4 members (excludes halogenated alkanes) is 1. The second-order valence-electron chi connectivity index (χ2n) is 7.40. The maximum Gasteiger partial charge on any atom is 0.267 e. The van der Waals surface area contributed by atoms with Crippen molar-refractivity contribution in [1.29, 1.82) is 0 Å². The van der Waals surface area contributed by atoms with E-state index in [9.17, 15) is 4.79 Å². The minimum atomic E-state index is -0.581. The van der Waals surface area contributed by atoms with Crippen LogP contribution >= 0.6 is 0 Å². The lowest BCUT2D eigenvalue weighted by Crippen LogP contribution is -2.14. The predicted octanol–water partition coefficient (Wildman–Crippen LogP) is 2.92. The minimum Gasteiger partial charge on any atom is -0.364 e. The van der Waals surface area contributed by atoms with Crippen molar-refractivity contribution in [3.8, 4) is 22.9 Å². The average molecular weight is 406 g/mol. The standard InChI is InChI=1S/C21H26N8O/c1-5-7-8-29-18(9-13(3)26-29)16-12-28(6-2)21(25-16)19-14-11-23-27(4)17(14)10-15(24-19)20(22)30/h9-12H,5-8H2,1-4H3,(H2,22,30). The predicted molar refractivity (Wildman–Crippen MR) is 115 cm³/mol. The zero-order valence-corrected chi connectivity index (χ0v) is 17.8. The largest absolute Gasteiger partial charge is 0.364 e. The van der Waals surface area contributed by atoms with Gasteiger partial charge in [-0.25, -0.2) is 9.97 Å². The van der Waals surface area contributed by atoms with Crippen molar-refractivity contribution in [2.45, 2.75) is 46.7 Å². The van der Waals surface area contributed by atoms with E-state index in [4.69, 9.17) is 10.7 Å². The maximum absolute atomic E-state index is 11.9. The van der Waals surface area contributed by atoms with Gasteiger partial charge in [0.2, 0.25) is 0 Å². The summed E-state index contributed by atoms with van der Waals surface area (Å²) >= 11 is 0. The molecule has 0 spiro atoms. The van der Waals surface area contributed by atoms with Crippen molar-refractivity contribution in [3.05, 3.63) is 35.9 Å². The summed E-state index contributed by atoms with van der Waals surface area (Å²) in [5, 5.41) is 9.78. The van der Waals surface area contributed by atoms with Crippen molar-refractivity contribution < 1.29 is 4.79 Å². The fourth-order valence-electron chi connectivity index (χ4n) is 3.64. The molecule has 2 N–H and O–H groups in total. The summed E-state index contributed by atoms with van der Waals surface area (Å²) in [6, 6.07) is 3.71. The van der Waals surface area contributed by atoms with E-state index in [1.807, 2.05) is 36.3 Å². The van der Waals surface area contributed by atoms with Crippen LogP contribution in [0, 0.1) is 6.92 Å². The highest BCUT2D eigenvalue weighted by Crippen LogP contribution is 2.30. The molecule has 1 amide bonds. The summed E-state index contributed by atoms with van der Waals surface area (Å²) < 4.78 is 5.75. The van der Waals surface area contributed by atoms with Crippen LogP contribution in [0.15, 0.2) is 24.5 Å². The van der Waals surface area contributed by atoms with Crippen LogP contribution in [0.2, 0.25) is 0 Å². The van der Waals surface area contributed by atoms with E-state index in [1.54, 1.807) is 16.9 Å². The van der Waals surface area contributed by atoms with Gasteiger partial charge in [0.05, 0.1) is 23.1 Å². The first kappa shape index (κ1) is 19.8. The van der Waals surface area contributed by atoms with Gasteiger partial charge >= 0.3 is 0 Å². The number of aromatic nitrogens is 7. The second-order valence-corrected chi connectivity index (χ2v) is 7.40. The normalized spacial score (nSPS) is 11.5. The van der Waals surface area contributed by atoms with Crippen LogP contribution in [0.4, 0.5) is 0 Å². The molecule has 0 saturated carbocycles. The number of amides is 1. The van der Waals surface area contributed by atoms with Crippen LogP contribution < -0.4 is 5.73 Å². The monoisotopic (exact) mass is 406 g/mol. The third kappa shape index (κ3) is 3.36. The summed E-state index contributed by atoms with van der Waals surface area (Å²) in [6.45, 7) is 7.75. The SMILES string of the molecule is CCCCn1nc(C)cc1-c1cn(CC)c(-c2nc(C(N)=O)cc3c2cnn3C)n1. The molecule has 4 aromatic rings. The molecule has 0 saturated heterocycles. The quantitative estimate of drug-likeness (QED) is 0.507. The van der Waals surface area contributed by atoms with E-state index in [0.717, 1.165) is 47.4 Å². The Morgan fingerprint density at radius 3 is 2.70 bits per heavy atom. The van der Waals surface area contributed by atoms with Crippen LogP contribution in [0.3, 0.4) is 0 Å². The van der Waals surface area contributed by atoms with Crippen LogP contribution in [-0.4, -0.2) is 40.0 Å². The summed E-state index contributed by atoms with van der Waals surface area (Å²) in [4.78, 5) is 21.3. The Morgan fingerprint density at radius 1 is 1.20 bits per heavy atom. The molecule has 0 bridgehead atoms. The van der Waals surface area contributed by atoms with E-state index in [2.05, 4.69) is 28.2 Å². The fourth-order valence-corrected chi connectivity index (χ4v) is 3.64. The highest BCUT2D eigenvalue weighted by atomic mass is 16.1. The van der Waals surface area contributed by atoms with Crippen molar-refractivity contribution in [2.24, 2.45) is 12.8 Å². The average Bonchev–Trinajstić information content (AvgIpc) is 3.42. The lowest BCUT2D eigenvalue weighted by atomic mass is 10.2. The Hall–Kier alpha value is -3.49. The highest BCUT2D eigenvalue weighted by molar-refractivity contribution is 5.99. The summed E-state index contributed by atoms with van der Waals surface area (Å²) in [7, 11) is 1.82. The molecular weight excluding hydrogens is 380 g/mol. The van der Waals surface area contributed by atoms with Crippen LogP contribution in [0.25, 0.3) is 33.8 Å². The van der Waals surface area contributed by atoms with E-state index in [1.165, 1.54) is 0 Å². The lowest BCUT2D eigenvalue weighted by molar-refractivity contribution is 0.0996. The third-order valence-corrected chi connectivity index (χ3v) is 5.21. The number of carbonyl (C=O) groups excluding carboxylic acids is 1. The van der Waals surface area contributed by atoms with Crippen LogP contribution in [0.1, 0.15) is 42.9 Å². The molecule has 156 valence electrons. The molecule has 4 aromatic heterocycles. The number of rotatable bonds is 7. The van der Waals surface area contributed by atoms with Gasteiger partial charge in [-0.3, -0.25) is 14.2 Å². The Balaban J connectivity index is 1.90. The van der Waals surface area contributed by atoms with Crippen molar-refractivity contribution >= 4 is 16.8 Å². The summed E-state index contributed by atoms with van der Waals surface area (Å²) in [5.41, 5.74) is 9.86. The molecule has 0 atom stereocenters. The number of imidazole rings is 1. The van der Waals surface area contributed by atoms with E-state index in [0.29, 0.717) is 18.1 Å². The number of aryl methyl sites for hydroxylation is 4. The zero-order chi connectivity index (χ0) is 21.4. The molecule has 0 aromatic carbocycles. The van der Waals surface area contributed by atoms with Gasteiger partial charge in [-0.1, -0.05) is 13.3 Å². The van der Waals surface area contributed by atoms with Crippen molar-refractivity contribution in [1.82, 2.24) is 34.1 Å². The fraction of sp³-hybridized carbons (Fsp3) is 0.381. The van der Waals surface area contributed by atoms with Gasteiger partial charge in [-0.2, -0.15) is 10.2 Å². The number of nitrogens with two attached hydrogens (primary N) is 1. The van der Waals surface area contributed by atoms with Crippen LogP contribution in [-0.2, 0) is 20.1 Å². The lowest BCUT2D eigenvalue weighted by Gasteiger charge is -2.07. The first-order valence-electron chi connectivity index (χ1n) is 10.2. The van der Waals surface area contributed by atoms with Gasteiger partial charge in [0.25, 0.3) is 5.91 Å². The molecule has 30 heavy (non-hydrogen) atoms. The first-order valence-corrected chi connectivity index (χ1v) is 10.2. The molecule has 0 radical (unpaired) electrons. The smallest absolute Gasteiger partial charge is 0.267 e. The minimum absolute atomic E-state index is 0.192. The van der Waals surface area contributed by atoms with Crippen molar-refractivity contribution in [3.63, 3.8) is 0 Å². The van der Waals surface area contributed by atoms with E-state index < -0.39 is 5.91 Å². The Bertz CT molecular complexity index is 1230. The number of hydrogen-bond acceptors (Lipinski definition) is 5. The Morgan fingerprint density at radius 2 is 2.00 bits per heavy atom. The maximum atomic E-state index is 11.9. The van der Waals surface area contributed by atoms with Gasteiger partial charge in [0.15, 0.2) is 5.82 Å². The van der Waals surface area contributed by atoms with Gasteiger partial charge < -0.3 is 10.3 Å². The molecule has 4 heterocycles. The Labute approximate surface area is 174 Å². The number of hydrogen-bond donors (Lipinski definition) is 1. The van der Waals surface area contributed by atoms with Gasteiger partial charge in [0.1, 0.15) is 17.1 Å². The van der Waals surface area contributed by atoms with E-state index >= 15 is 0 Å². The topological polar surface area (TPSA) is 109 Å². The molecule has 0 aliphatic heterocycles. The number of carbonyl (C=O) groups is 1. The molecule has 0 unspecified atom stereocenters. The van der Waals surface area contributed by atoms with Crippen molar-refractivity contribution in [2.75, 3.05) is 0 Å². The second kappa shape index (κ2) is 7.74. The molecule has 0 aliphatic rings. The molecule has 4 rings (SSSR count). The first-order chi connectivity index (χ1) is 14.4. The molecular formula is C21H26N8O. The molecule has 0 fully saturated rings. The third-order valence-electron chi connectivity index (χ3n) is 5.21. The molecule has 9 heteroatoms. The Kier molecular flexibility index (Phi) is 5.11. The van der Waals surface area contributed by atoms with Gasteiger partial charge in [-0.15, -0.1) is 0 Å². The van der Waals surface area contributed by atoms with Gasteiger partial charge in [0, 0.05) is 31.7 Å². The summed E-state index contributed by atoms with van der Waals surface area (Å²) in [5.74, 6) is 0.0944. The number of primary amides is 1. The summed E-state index contributed by atoms with van der Waals surface area (Å²) in [6.07, 6.45) is 5.89. The van der Waals surface area contributed by atoms with E-state index in [-0.39, 0.29) is 5.69 Å². The number of pyridine rings is 1. The molecule has 0 aliphatic carbocycles. The number of nitrogens with zero attached hydrogens (tertiary/aromatic N) is 7. The highest BCUT2D eigenvalue weighted by Gasteiger charge is 2.21. The van der Waals surface area contributed by atoms with Gasteiger partial charge in [-0.05, 0) is 32.4 Å². The zero-order valence-electron chi connectivity index (χ0n) is 17.8.